The van der Waals surface area contributed by atoms with Crippen molar-refractivity contribution in [3.63, 3.8) is 0 Å². The standard InChI is InChI=1S/C15H17N3O2/c1-10(13-7-2-3-8-14(13)19)17-11-5-4-6-12(9-11)18-15(16)20/h2-10,17,19H,1H3,(H3,16,18,20). The minimum atomic E-state index is -0.601. The fourth-order valence-electron chi connectivity index (χ4n) is 2.01. The van der Waals surface area contributed by atoms with Gasteiger partial charge in [0.15, 0.2) is 0 Å². The van der Waals surface area contributed by atoms with Crippen molar-refractivity contribution in [1.82, 2.24) is 0 Å². The molecular formula is C15H17N3O2. The molecule has 2 amide bonds. The second kappa shape index (κ2) is 5.97. The van der Waals surface area contributed by atoms with Crippen LogP contribution >= 0.6 is 0 Å². The maximum absolute atomic E-state index is 10.8. The second-order valence-electron chi connectivity index (χ2n) is 4.49. The summed E-state index contributed by atoms with van der Waals surface area (Å²) in [5.41, 5.74) is 7.33. The van der Waals surface area contributed by atoms with Gasteiger partial charge in [0.25, 0.3) is 0 Å². The lowest BCUT2D eigenvalue weighted by Crippen LogP contribution is -2.19. The van der Waals surface area contributed by atoms with Crippen LogP contribution in [-0.4, -0.2) is 11.1 Å². The number of nitrogens with one attached hydrogen (secondary N) is 2. The molecule has 2 rings (SSSR count). The van der Waals surface area contributed by atoms with Crippen LogP contribution in [0.1, 0.15) is 18.5 Å². The predicted octanol–water partition coefficient (Wildman–Crippen LogP) is 3.06. The molecule has 5 nitrogen and oxygen atoms in total. The average Bonchev–Trinajstić information content (AvgIpc) is 2.38. The van der Waals surface area contributed by atoms with E-state index in [1.165, 1.54) is 0 Å². The Kier molecular flexibility index (Phi) is 4.10. The molecule has 0 saturated heterocycles. The van der Waals surface area contributed by atoms with Gasteiger partial charge in [0.05, 0.1) is 6.04 Å². The lowest BCUT2D eigenvalue weighted by Gasteiger charge is -2.17. The van der Waals surface area contributed by atoms with E-state index in [0.29, 0.717) is 5.69 Å². The molecule has 20 heavy (non-hydrogen) atoms. The number of benzene rings is 2. The molecule has 0 bridgehead atoms. The maximum atomic E-state index is 10.8. The van der Waals surface area contributed by atoms with Crippen molar-refractivity contribution in [2.24, 2.45) is 5.73 Å². The van der Waals surface area contributed by atoms with Crippen LogP contribution in [0.2, 0.25) is 0 Å². The Labute approximate surface area is 117 Å². The highest BCUT2D eigenvalue weighted by molar-refractivity contribution is 5.88. The Morgan fingerprint density at radius 3 is 2.55 bits per heavy atom. The molecule has 0 heterocycles. The number of carbonyl (C=O) groups excluding carboxylic acids is 1. The Bertz CT molecular complexity index is 614. The third-order valence-electron chi connectivity index (χ3n) is 2.92. The van der Waals surface area contributed by atoms with Gasteiger partial charge in [0, 0.05) is 16.9 Å². The van der Waals surface area contributed by atoms with E-state index in [-0.39, 0.29) is 11.8 Å². The normalized spacial score (nSPS) is 11.7. The minimum absolute atomic E-state index is 0.0694. The van der Waals surface area contributed by atoms with Crippen LogP contribution in [-0.2, 0) is 0 Å². The highest BCUT2D eigenvalue weighted by Gasteiger charge is 2.09. The predicted molar refractivity (Wildman–Crippen MR) is 79.8 cm³/mol. The molecule has 0 aliphatic carbocycles. The fraction of sp³-hybridized carbons (Fsp3) is 0.133. The third-order valence-corrected chi connectivity index (χ3v) is 2.92. The van der Waals surface area contributed by atoms with E-state index >= 15 is 0 Å². The quantitative estimate of drug-likeness (QED) is 0.689. The number of phenolic OH excluding ortho intramolecular Hbond substituents is 1. The summed E-state index contributed by atoms with van der Waals surface area (Å²) in [7, 11) is 0. The zero-order chi connectivity index (χ0) is 14.5. The first-order valence-corrected chi connectivity index (χ1v) is 6.27. The molecule has 0 aliphatic heterocycles. The van der Waals surface area contributed by atoms with Crippen LogP contribution < -0.4 is 16.4 Å². The number of phenols is 1. The molecule has 0 radical (unpaired) electrons. The lowest BCUT2D eigenvalue weighted by atomic mass is 10.1. The van der Waals surface area contributed by atoms with Crippen LogP contribution in [0.3, 0.4) is 0 Å². The van der Waals surface area contributed by atoms with E-state index in [4.69, 9.17) is 5.73 Å². The summed E-state index contributed by atoms with van der Waals surface area (Å²) in [5.74, 6) is 0.249. The SMILES string of the molecule is CC(Nc1cccc(NC(N)=O)c1)c1ccccc1O. The molecule has 2 aromatic carbocycles. The van der Waals surface area contributed by atoms with E-state index in [1.54, 1.807) is 24.3 Å². The van der Waals surface area contributed by atoms with Crippen LogP contribution in [0, 0.1) is 0 Å². The van der Waals surface area contributed by atoms with Gasteiger partial charge in [0.2, 0.25) is 0 Å². The van der Waals surface area contributed by atoms with Gasteiger partial charge >= 0.3 is 6.03 Å². The summed E-state index contributed by atoms with van der Waals surface area (Å²) >= 11 is 0. The highest BCUT2D eigenvalue weighted by atomic mass is 16.3. The topological polar surface area (TPSA) is 87.4 Å². The first-order chi connectivity index (χ1) is 9.56. The number of aromatic hydroxyl groups is 1. The lowest BCUT2D eigenvalue weighted by molar-refractivity contribution is 0.259. The number of carbonyl (C=O) groups is 1. The molecule has 5 heteroatoms. The van der Waals surface area contributed by atoms with Crippen molar-refractivity contribution in [3.05, 3.63) is 54.1 Å². The van der Waals surface area contributed by atoms with Gasteiger partial charge in [-0.25, -0.2) is 4.79 Å². The monoisotopic (exact) mass is 271 g/mol. The second-order valence-corrected chi connectivity index (χ2v) is 4.49. The van der Waals surface area contributed by atoms with Gasteiger partial charge in [-0.15, -0.1) is 0 Å². The molecule has 104 valence electrons. The van der Waals surface area contributed by atoms with Gasteiger partial charge in [-0.3, -0.25) is 0 Å². The Morgan fingerprint density at radius 1 is 1.15 bits per heavy atom. The number of para-hydroxylation sites is 1. The first kappa shape index (κ1) is 13.7. The van der Waals surface area contributed by atoms with Crippen molar-refractivity contribution in [2.75, 3.05) is 10.6 Å². The van der Waals surface area contributed by atoms with Gasteiger partial charge in [-0.2, -0.15) is 0 Å². The fourth-order valence-corrected chi connectivity index (χ4v) is 2.01. The van der Waals surface area contributed by atoms with Crippen molar-refractivity contribution >= 4 is 17.4 Å². The largest absolute Gasteiger partial charge is 0.508 e. The molecule has 0 aliphatic rings. The number of hydrogen-bond donors (Lipinski definition) is 4. The summed E-state index contributed by atoms with van der Waals surface area (Å²) in [6, 6.07) is 13.7. The van der Waals surface area contributed by atoms with Crippen LogP contribution in [0.25, 0.3) is 0 Å². The molecule has 0 saturated carbocycles. The molecule has 1 atom stereocenters. The van der Waals surface area contributed by atoms with Gasteiger partial charge in [-0.1, -0.05) is 24.3 Å². The molecule has 0 aromatic heterocycles. The molecule has 5 N–H and O–H groups in total. The summed E-state index contributed by atoms with van der Waals surface area (Å²) < 4.78 is 0. The number of primary amides is 1. The molecule has 0 spiro atoms. The number of hydrogen-bond acceptors (Lipinski definition) is 3. The minimum Gasteiger partial charge on any atom is -0.508 e. The third kappa shape index (κ3) is 3.41. The molecule has 1 unspecified atom stereocenters. The number of rotatable bonds is 4. The van der Waals surface area contributed by atoms with E-state index in [0.717, 1.165) is 11.3 Å². The smallest absolute Gasteiger partial charge is 0.316 e. The Balaban J connectivity index is 2.13. The Morgan fingerprint density at radius 2 is 1.85 bits per heavy atom. The van der Waals surface area contributed by atoms with Crippen LogP contribution in [0.15, 0.2) is 48.5 Å². The summed E-state index contributed by atoms with van der Waals surface area (Å²) in [4.78, 5) is 10.8. The van der Waals surface area contributed by atoms with Crippen molar-refractivity contribution < 1.29 is 9.90 Å². The van der Waals surface area contributed by atoms with E-state index in [1.807, 2.05) is 31.2 Å². The Hall–Kier alpha value is -2.69. The molecular weight excluding hydrogens is 254 g/mol. The van der Waals surface area contributed by atoms with Crippen LogP contribution in [0.4, 0.5) is 16.2 Å². The van der Waals surface area contributed by atoms with E-state index < -0.39 is 6.03 Å². The van der Waals surface area contributed by atoms with Gasteiger partial charge < -0.3 is 21.5 Å². The number of amides is 2. The van der Waals surface area contributed by atoms with E-state index in [9.17, 15) is 9.90 Å². The summed E-state index contributed by atoms with van der Waals surface area (Å²) in [5, 5.41) is 15.6. The van der Waals surface area contributed by atoms with Crippen molar-refractivity contribution in [1.29, 1.82) is 0 Å². The van der Waals surface area contributed by atoms with Crippen LogP contribution in [0.5, 0.6) is 5.75 Å². The maximum Gasteiger partial charge on any atom is 0.316 e. The molecule has 0 fully saturated rings. The molecule has 2 aromatic rings. The number of nitrogens with two attached hydrogens (primary N) is 1. The first-order valence-electron chi connectivity index (χ1n) is 6.27. The summed E-state index contributed by atoms with van der Waals surface area (Å²) in [6.07, 6.45) is 0. The zero-order valence-corrected chi connectivity index (χ0v) is 11.1. The van der Waals surface area contributed by atoms with Gasteiger partial charge in [-0.05, 0) is 31.2 Å². The summed E-state index contributed by atoms with van der Waals surface area (Å²) in [6.45, 7) is 1.95. The average molecular weight is 271 g/mol. The number of anilines is 2. The number of urea groups is 1. The van der Waals surface area contributed by atoms with Gasteiger partial charge in [0.1, 0.15) is 5.75 Å². The van der Waals surface area contributed by atoms with Crippen molar-refractivity contribution in [3.8, 4) is 5.75 Å². The van der Waals surface area contributed by atoms with E-state index in [2.05, 4.69) is 10.6 Å². The highest BCUT2D eigenvalue weighted by Crippen LogP contribution is 2.27. The zero-order valence-electron chi connectivity index (χ0n) is 11.1. The van der Waals surface area contributed by atoms with Crippen molar-refractivity contribution in [2.45, 2.75) is 13.0 Å².